The molecule has 1 aromatic heterocycles. The van der Waals surface area contributed by atoms with E-state index in [0.717, 1.165) is 13.0 Å². The summed E-state index contributed by atoms with van der Waals surface area (Å²) in [4.78, 5) is 15.9. The Balaban J connectivity index is 1.75. The molecule has 2 aliphatic rings. The number of esters is 1. The molecule has 0 amide bonds. The summed E-state index contributed by atoms with van der Waals surface area (Å²) in [5.74, 6) is 0.860. The number of anilines is 2. The van der Waals surface area contributed by atoms with E-state index in [4.69, 9.17) is 15.2 Å². The Kier molecular flexibility index (Phi) is 3.48. The highest BCUT2D eigenvalue weighted by Crippen LogP contribution is 2.39. The van der Waals surface area contributed by atoms with Crippen molar-refractivity contribution in [2.24, 2.45) is 5.92 Å². The molecule has 0 radical (unpaired) electrons. The van der Waals surface area contributed by atoms with Gasteiger partial charge in [0, 0.05) is 6.61 Å². The van der Waals surface area contributed by atoms with Crippen molar-refractivity contribution in [3.05, 3.63) is 17.8 Å². The van der Waals surface area contributed by atoms with E-state index in [0.29, 0.717) is 23.0 Å². The van der Waals surface area contributed by atoms with E-state index >= 15 is 0 Å². The maximum atomic E-state index is 11.6. The number of nitrogens with zero attached hydrogens (tertiary/aromatic N) is 1. The molecule has 1 saturated carbocycles. The highest BCUT2D eigenvalue weighted by Gasteiger charge is 2.40. The number of pyridine rings is 1. The minimum Gasteiger partial charge on any atom is -0.465 e. The molecule has 2 heterocycles. The fraction of sp³-hybridized carbons (Fsp3) is 0.571. The van der Waals surface area contributed by atoms with Crippen LogP contribution in [0.2, 0.25) is 0 Å². The third-order valence-electron chi connectivity index (χ3n) is 3.90. The number of ether oxygens (including phenoxy) is 2. The first-order chi connectivity index (χ1) is 9.69. The smallest absolute Gasteiger partial charge is 0.340 e. The maximum Gasteiger partial charge on any atom is 0.340 e. The van der Waals surface area contributed by atoms with Gasteiger partial charge in [-0.05, 0) is 31.2 Å². The number of carbonyl (C=O) groups is 1. The number of carbonyl (C=O) groups excluding carboxylic acids is 1. The minimum atomic E-state index is -0.450. The standard InChI is InChI=1S/C14H19N3O3/c1-19-14(18)9-6-12(16-7-10(9)15)17-11-4-5-20-13(11)8-2-3-8/h6-8,11,13H,2-5,15H2,1H3,(H,16,17). The van der Waals surface area contributed by atoms with Crippen LogP contribution in [-0.2, 0) is 9.47 Å². The molecule has 2 atom stereocenters. The number of hydrogen-bond donors (Lipinski definition) is 2. The van der Waals surface area contributed by atoms with E-state index in [1.807, 2.05) is 0 Å². The molecule has 108 valence electrons. The summed E-state index contributed by atoms with van der Waals surface area (Å²) >= 11 is 0. The van der Waals surface area contributed by atoms with Gasteiger partial charge in [0.15, 0.2) is 0 Å². The van der Waals surface area contributed by atoms with Crippen LogP contribution in [0.5, 0.6) is 0 Å². The van der Waals surface area contributed by atoms with Crippen molar-refractivity contribution in [3.63, 3.8) is 0 Å². The van der Waals surface area contributed by atoms with Crippen molar-refractivity contribution in [1.29, 1.82) is 0 Å². The van der Waals surface area contributed by atoms with E-state index in [1.165, 1.54) is 26.1 Å². The molecule has 1 aliphatic heterocycles. The number of hydrogen-bond acceptors (Lipinski definition) is 6. The summed E-state index contributed by atoms with van der Waals surface area (Å²) in [7, 11) is 1.34. The van der Waals surface area contributed by atoms with Gasteiger partial charge in [-0.25, -0.2) is 9.78 Å². The van der Waals surface area contributed by atoms with Gasteiger partial charge >= 0.3 is 5.97 Å². The maximum absolute atomic E-state index is 11.6. The molecule has 2 unspecified atom stereocenters. The average molecular weight is 277 g/mol. The van der Waals surface area contributed by atoms with Gasteiger partial charge in [-0.15, -0.1) is 0 Å². The van der Waals surface area contributed by atoms with Crippen LogP contribution in [-0.4, -0.2) is 36.8 Å². The molecule has 1 saturated heterocycles. The largest absolute Gasteiger partial charge is 0.465 e. The molecule has 3 N–H and O–H groups in total. The highest BCUT2D eigenvalue weighted by molar-refractivity contribution is 5.95. The molecule has 1 aromatic rings. The molecular weight excluding hydrogens is 258 g/mol. The fourth-order valence-electron chi connectivity index (χ4n) is 2.68. The molecule has 6 nitrogen and oxygen atoms in total. The lowest BCUT2D eigenvalue weighted by molar-refractivity contribution is 0.0602. The lowest BCUT2D eigenvalue weighted by Crippen LogP contribution is -2.31. The van der Waals surface area contributed by atoms with Crippen LogP contribution in [0.4, 0.5) is 11.5 Å². The summed E-state index contributed by atoms with van der Waals surface area (Å²) in [5, 5.41) is 3.36. The monoisotopic (exact) mass is 277 g/mol. The lowest BCUT2D eigenvalue weighted by atomic mass is 10.1. The Morgan fingerprint density at radius 3 is 3.00 bits per heavy atom. The molecule has 6 heteroatoms. The van der Waals surface area contributed by atoms with Gasteiger partial charge in [-0.2, -0.15) is 0 Å². The Hall–Kier alpha value is -1.82. The predicted octanol–water partition coefficient (Wildman–Crippen LogP) is 1.43. The van der Waals surface area contributed by atoms with Crippen LogP contribution in [0.15, 0.2) is 12.3 Å². The molecule has 0 spiro atoms. The first-order valence-corrected chi connectivity index (χ1v) is 6.91. The number of nitrogens with two attached hydrogens (primary N) is 1. The Morgan fingerprint density at radius 1 is 1.50 bits per heavy atom. The van der Waals surface area contributed by atoms with Crippen molar-refractivity contribution in [1.82, 2.24) is 4.98 Å². The van der Waals surface area contributed by atoms with Crippen LogP contribution in [0, 0.1) is 5.92 Å². The molecule has 3 rings (SSSR count). The van der Waals surface area contributed by atoms with Gasteiger partial charge in [0.2, 0.25) is 0 Å². The summed E-state index contributed by atoms with van der Waals surface area (Å²) in [5.41, 5.74) is 6.41. The Morgan fingerprint density at radius 2 is 2.30 bits per heavy atom. The minimum absolute atomic E-state index is 0.254. The van der Waals surface area contributed by atoms with Gasteiger partial charge in [-0.1, -0.05) is 0 Å². The second kappa shape index (κ2) is 5.28. The third-order valence-corrected chi connectivity index (χ3v) is 3.90. The van der Waals surface area contributed by atoms with Crippen molar-refractivity contribution in [2.75, 3.05) is 24.8 Å². The molecule has 20 heavy (non-hydrogen) atoms. The first-order valence-electron chi connectivity index (χ1n) is 6.91. The Bertz CT molecular complexity index is 516. The second-order valence-corrected chi connectivity index (χ2v) is 5.36. The van der Waals surface area contributed by atoms with Crippen LogP contribution in [0.3, 0.4) is 0 Å². The van der Waals surface area contributed by atoms with Crippen LogP contribution in [0.25, 0.3) is 0 Å². The topological polar surface area (TPSA) is 86.5 Å². The summed E-state index contributed by atoms with van der Waals surface area (Å²) in [6, 6.07) is 1.90. The predicted molar refractivity (Wildman–Crippen MR) is 74.5 cm³/mol. The summed E-state index contributed by atoms with van der Waals surface area (Å²) in [6.45, 7) is 0.775. The number of nitrogen functional groups attached to an aromatic ring is 1. The van der Waals surface area contributed by atoms with E-state index in [1.54, 1.807) is 6.07 Å². The fourth-order valence-corrected chi connectivity index (χ4v) is 2.68. The van der Waals surface area contributed by atoms with E-state index in [9.17, 15) is 4.79 Å². The lowest BCUT2D eigenvalue weighted by Gasteiger charge is -2.20. The van der Waals surface area contributed by atoms with Crippen LogP contribution < -0.4 is 11.1 Å². The zero-order valence-corrected chi connectivity index (χ0v) is 11.5. The average Bonchev–Trinajstić information content (AvgIpc) is 3.20. The van der Waals surface area contributed by atoms with Gasteiger partial charge in [-0.3, -0.25) is 0 Å². The number of rotatable bonds is 4. The van der Waals surface area contributed by atoms with Crippen molar-refractivity contribution < 1.29 is 14.3 Å². The van der Waals surface area contributed by atoms with Crippen LogP contribution >= 0.6 is 0 Å². The van der Waals surface area contributed by atoms with Gasteiger partial charge in [0.05, 0.1) is 36.7 Å². The van der Waals surface area contributed by atoms with E-state index < -0.39 is 5.97 Å². The second-order valence-electron chi connectivity index (χ2n) is 5.36. The van der Waals surface area contributed by atoms with E-state index in [2.05, 4.69) is 10.3 Å². The molecule has 2 fully saturated rings. The quantitative estimate of drug-likeness (QED) is 0.810. The van der Waals surface area contributed by atoms with Crippen molar-refractivity contribution in [2.45, 2.75) is 31.4 Å². The SMILES string of the molecule is COC(=O)c1cc(NC2CCOC2C2CC2)ncc1N. The van der Waals surface area contributed by atoms with Gasteiger partial charge < -0.3 is 20.5 Å². The first kappa shape index (κ1) is 13.2. The third kappa shape index (κ3) is 2.56. The van der Waals surface area contributed by atoms with Crippen molar-refractivity contribution in [3.8, 4) is 0 Å². The normalized spacial score (nSPS) is 25.4. The molecule has 0 bridgehead atoms. The summed E-state index contributed by atoms with van der Waals surface area (Å²) in [6.07, 6.45) is 5.18. The van der Waals surface area contributed by atoms with Gasteiger partial charge in [0.25, 0.3) is 0 Å². The van der Waals surface area contributed by atoms with Gasteiger partial charge in [0.1, 0.15) is 5.82 Å². The van der Waals surface area contributed by atoms with Crippen LogP contribution in [0.1, 0.15) is 29.6 Å². The van der Waals surface area contributed by atoms with Crippen molar-refractivity contribution >= 4 is 17.5 Å². The molecule has 0 aromatic carbocycles. The van der Waals surface area contributed by atoms with E-state index in [-0.39, 0.29) is 12.1 Å². The molecule has 1 aliphatic carbocycles. The highest BCUT2D eigenvalue weighted by atomic mass is 16.5. The number of aromatic nitrogens is 1. The molecular formula is C14H19N3O3. The zero-order chi connectivity index (χ0) is 14.1. The zero-order valence-electron chi connectivity index (χ0n) is 11.5. The number of nitrogens with one attached hydrogen (secondary N) is 1. The number of methoxy groups -OCH3 is 1. The summed E-state index contributed by atoms with van der Waals surface area (Å²) < 4.78 is 10.5. The Labute approximate surface area is 117 Å².